The summed E-state index contributed by atoms with van der Waals surface area (Å²) in [5, 5.41) is 4.29. The van der Waals surface area contributed by atoms with Crippen LogP contribution in [0, 0.1) is 0 Å². The van der Waals surface area contributed by atoms with Crippen LogP contribution in [0.5, 0.6) is 5.75 Å². The maximum absolute atomic E-state index is 12.7. The van der Waals surface area contributed by atoms with Crippen LogP contribution in [0.1, 0.15) is 6.92 Å². The summed E-state index contributed by atoms with van der Waals surface area (Å²) in [6, 6.07) is 16.6. The summed E-state index contributed by atoms with van der Waals surface area (Å²) in [6.07, 6.45) is 3.08. The zero-order chi connectivity index (χ0) is 21.1. The Labute approximate surface area is 181 Å². The predicted octanol–water partition coefficient (Wildman–Crippen LogP) is 5.25. The summed E-state index contributed by atoms with van der Waals surface area (Å²) >= 11 is 3.49. The fourth-order valence-electron chi connectivity index (χ4n) is 3.13. The average Bonchev–Trinajstić information content (AvgIpc) is 3.19. The highest BCUT2D eigenvalue weighted by Crippen LogP contribution is 2.42. The number of benzene rings is 2. The highest BCUT2D eigenvalue weighted by Gasteiger charge is 2.28. The average molecular weight is 465 g/mol. The predicted molar refractivity (Wildman–Crippen MR) is 116 cm³/mol. The van der Waals surface area contributed by atoms with Gasteiger partial charge in [0.2, 0.25) is 11.8 Å². The van der Waals surface area contributed by atoms with E-state index < -0.39 is 0 Å². The van der Waals surface area contributed by atoms with Crippen molar-refractivity contribution in [3.8, 4) is 28.3 Å². The van der Waals surface area contributed by atoms with Gasteiger partial charge in [-0.25, -0.2) is 14.9 Å². The Morgan fingerprint density at radius 2 is 1.97 bits per heavy atom. The smallest absolute Gasteiger partial charge is 0.248 e. The zero-order valence-electron chi connectivity index (χ0n) is 16.2. The fourth-order valence-corrected chi connectivity index (χ4v) is 3.53. The third kappa shape index (κ3) is 3.81. The van der Waals surface area contributed by atoms with Gasteiger partial charge in [-0.3, -0.25) is 4.79 Å². The van der Waals surface area contributed by atoms with E-state index in [2.05, 4.69) is 31.1 Å². The van der Waals surface area contributed by atoms with Gasteiger partial charge in [0.05, 0.1) is 24.1 Å². The monoisotopic (exact) mass is 464 g/mol. The molecular formula is C22H17BrN4O3. The molecule has 7 nitrogen and oxygen atoms in total. The molecule has 2 aromatic heterocycles. The number of anilines is 2. The first kappa shape index (κ1) is 19.8. The van der Waals surface area contributed by atoms with Crippen molar-refractivity contribution in [3.05, 3.63) is 71.6 Å². The summed E-state index contributed by atoms with van der Waals surface area (Å²) in [6.45, 7) is 1.46. The zero-order valence-corrected chi connectivity index (χ0v) is 17.8. The number of hydrogen-bond donors (Lipinski definition) is 0. The van der Waals surface area contributed by atoms with Gasteiger partial charge in [0.25, 0.3) is 0 Å². The minimum atomic E-state index is -0.240. The van der Waals surface area contributed by atoms with Crippen LogP contribution in [-0.4, -0.2) is 28.1 Å². The fraction of sp³-hybridized carbons (Fsp3) is 0.0909. The Bertz CT molecular complexity index is 1190. The van der Waals surface area contributed by atoms with Gasteiger partial charge < -0.3 is 9.26 Å². The van der Waals surface area contributed by atoms with E-state index in [4.69, 9.17) is 9.26 Å². The molecule has 0 aliphatic carbocycles. The first-order valence-corrected chi connectivity index (χ1v) is 9.84. The molecule has 0 aliphatic rings. The second-order valence-electron chi connectivity index (χ2n) is 6.37. The highest BCUT2D eigenvalue weighted by molar-refractivity contribution is 9.10. The van der Waals surface area contributed by atoms with Gasteiger partial charge >= 0.3 is 0 Å². The van der Waals surface area contributed by atoms with Crippen molar-refractivity contribution in [3.63, 3.8) is 0 Å². The Balaban J connectivity index is 1.95. The van der Waals surface area contributed by atoms with Crippen LogP contribution in [0.4, 0.5) is 11.6 Å². The minimum Gasteiger partial charge on any atom is -0.497 e. The van der Waals surface area contributed by atoms with E-state index in [-0.39, 0.29) is 11.8 Å². The van der Waals surface area contributed by atoms with Crippen molar-refractivity contribution in [2.75, 3.05) is 12.0 Å². The van der Waals surface area contributed by atoms with Crippen LogP contribution in [0.2, 0.25) is 0 Å². The molecule has 0 atom stereocenters. The van der Waals surface area contributed by atoms with Crippen molar-refractivity contribution in [1.29, 1.82) is 0 Å². The van der Waals surface area contributed by atoms with E-state index in [0.717, 1.165) is 10.0 Å². The Morgan fingerprint density at radius 1 is 1.13 bits per heavy atom. The quantitative estimate of drug-likeness (QED) is 0.400. The first-order valence-electron chi connectivity index (χ1n) is 9.05. The molecule has 150 valence electrons. The Hall–Kier alpha value is -3.52. The first-order chi connectivity index (χ1) is 14.6. The maximum Gasteiger partial charge on any atom is 0.248 e. The van der Waals surface area contributed by atoms with Crippen molar-refractivity contribution in [2.45, 2.75) is 6.92 Å². The van der Waals surface area contributed by atoms with Gasteiger partial charge in [-0.1, -0.05) is 39.3 Å². The van der Waals surface area contributed by atoms with Crippen molar-refractivity contribution in [1.82, 2.24) is 15.1 Å². The molecule has 0 saturated carbocycles. The standard InChI is InChI=1S/C22H17BrN4O3/c1-14(28)27(17-7-4-8-18(12-17)29-2)22-20(19-9-10-24-13-25-19)21(26-30-22)15-5-3-6-16(23)11-15/h3-13H,1-2H3. The van der Waals surface area contributed by atoms with E-state index in [1.54, 1.807) is 43.6 Å². The SMILES string of the molecule is COc1cccc(N(C(C)=O)c2onc(-c3cccc(Br)c3)c2-c2ccncn2)c1. The van der Waals surface area contributed by atoms with Gasteiger partial charge in [0.1, 0.15) is 17.8 Å². The lowest BCUT2D eigenvalue weighted by atomic mass is 10.0. The molecule has 0 saturated heterocycles. The molecular weight excluding hydrogens is 448 g/mol. The van der Waals surface area contributed by atoms with E-state index in [1.807, 2.05) is 24.3 Å². The van der Waals surface area contributed by atoms with Crippen molar-refractivity contribution < 1.29 is 14.1 Å². The number of hydrogen-bond acceptors (Lipinski definition) is 6. The second-order valence-corrected chi connectivity index (χ2v) is 7.29. The van der Waals surface area contributed by atoms with E-state index in [1.165, 1.54) is 18.2 Å². The van der Waals surface area contributed by atoms with Crippen LogP contribution >= 0.6 is 15.9 Å². The third-order valence-electron chi connectivity index (χ3n) is 4.44. The molecule has 0 aliphatic heterocycles. The number of methoxy groups -OCH3 is 1. The normalized spacial score (nSPS) is 10.6. The second kappa shape index (κ2) is 8.46. The van der Waals surface area contributed by atoms with Crippen molar-refractivity contribution >= 4 is 33.4 Å². The topological polar surface area (TPSA) is 81.4 Å². The molecule has 2 aromatic carbocycles. The molecule has 0 spiro atoms. The van der Waals surface area contributed by atoms with Crippen molar-refractivity contribution in [2.24, 2.45) is 0 Å². The van der Waals surface area contributed by atoms with Crippen LogP contribution in [0.15, 0.2) is 76.1 Å². The van der Waals surface area contributed by atoms with Gasteiger partial charge in [-0.05, 0) is 30.3 Å². The van der Waals surface area contributed by atoms with Crippen LogP contribution in [0.3, 0.4) is 0 Å². The number of carbonyl (C=O) groups excluding carboxylic acids is 1. The molecule has 0 N–H and O–H groups in total. The molecule has 4 rings (SSSR count). The minimum absolute atomic E-state index is 0.240. The maximum atomic E-state index is 12.7. The molecule has 30 heavy (non-hydrogen) atoms. The van der Waals surface area contributed by atoms with Crippen LogP contribution in [0.25, 0.3) is 22.5 Å². The molecule has 4 aromatic rings. The van der Waals surface area contributed by atoms with E-state index >= 15 is 0 Å². The number of nitrogens with zero attached hydrogens (tertiary/aromatic N) is 4. The van der Waals surface area contributed by atoms with E-state index in [9.17, 15) is 4.79 Å². The molecule has 2 heterocycles. The largest absolute Gasteiger partial charge is 0.497 e. The molecule has 0 bridgehead atoms. The van der Waals surface area contributed by atoms with Gasteiger partial charge in [0.15, 0.2) is 0 Å². The van der Waals surface area contributed by atoms with Gasteiger partial charge in [-0.2, -0.15) is 0 Å². The number of ether oxygens (including phenoxy) is 1. The Morgan fingerprint density at radius 3 is 2.67 bits per heavy atom. The Kier molecular flexibility index (Phi) is 5.58. The molecule has 0 unspecified atom stereocenters. The summed E-state index contributed by atoms with van der Waals surface area (Å²) in [5.41, 5.74) is 3.16. The summed E-state index contributed by atoms with van der Waals surface area (Å²) < 4.78 is 11.9. The summed E-state index contributed by atoms with van der Waals surface area (Å²) in [4.78, 5) is 22.5. The van der Waals surface area contributed by atoms with Gasteiger partial charge in [0, 0.05) is 29.2 Å². The van der Waals surface area contributed by atoms with E-state index in [0.29, 0.717) is 28.4 Å². The van der Waals surface area contributed by atoms with Gasteiger partial charge in [-0.15, -0.1) is 0 Å². The summed E-state index contributed by atoms with van der Waals surface area (Å²) in [7, 11) is 1.57. The third-order valence-corrected chi connectivity index (χ3v) is 4.93. The molecule has 1 amide bonds. The lowest BCUT2D eigenvalue weighted by molar-refractivity contribution is -0.116. The highest BCUT2D eigenvalue weighted by atomic mass is 79.9. The number of rotatable bonds is 5. The number of amides is 1. The summed E-state index contributed by atoms with van der Waals surface area (Å²) in [5.74, 6) is 0.647. The number of halogens is 1. The lowest BCUT2D eigenvalue weighted by Crippen LogP contribution is -2.23. The number of carbonyl (C=O) groups is 1. The lowest BCUT2D eigenvalue weighted by Gasteiger charge is -2.19. The number of aromatic nitrogens is 3. The van der Waals surface area contributed by atoms with Crippen LogP contribution in [-0.2, 0) is 4.79 Å². The molecule has 0 fully saturated rings. The van der Waals surface area contributed by atoms with Crippen LogP contribution < -0.4 is 9.64 Å². The molecule has 0 radical (unpaired) electrons. The molecule has 8 heteroatoms.